The Morgan fingerprint density at radius 2 is 1.77 bits per heavy atom. The number of phenolic OH excluding ortho intramolecular Hbond substituents is 1. The molecule has 0 radical (unpaired) electrons. The van der Waals surface area contributed by atoms with Gasteiger partial charge in [0, 0.05) is 18.4 Å². The number of aliphatic hydroxyl groups excluding tert-OH is 4. The lowest BCUT2D eigenvalue weighted by molar-refractivity contribution is -0.232. The van der Waals surface area contributed by atoms with Crippen LogP contribution in [-0.4, -0.2) is 62.7 Å². The van der Waals surface area contributed by atoms with Crippen LogP contribution in [0.4, 0.5) is 0 Å². The van der Waals surface area contributed by atoms with Gasteiger partial charge in [0.15, 0.2) is 0 Å². The average Bonchev–Trinajstić information content (AvgIpc) is 3.14. The van der Waals surface area contributed by atoms with Crippen molar-refractivity contribution < 1.29 is 35.0 Å². The predicted molar refractivity (Wildman–Crippen MR) is 109 cm³/mol. The van der Waals surface area contributed by atoms with Gasteiger partial charge in [-0.15, -0.1) is 0 Å². The smallest absolute Gasteiger partial charge is 0.126 e. The molecule has 0 saturated carbocycles. The molecule has 0 spiro atoms. The molecule has 6 atom stereocenters. The third kappa shape index (κ3) is 3.68. The Morgan fingerprint density at radius 3 is 2.50 bits per heavy atom. The molecule has 0 aromatic heterocycles. The highest BCUT2D eigenvalue weighted by Crippen LogP contribution is 2.38. The monoisotopic (exact) mass is 416 g/mol. The third-order valence-corrected chi connectivity index (χ3v) is 6.24. The molecule has 0 amide bonds. The molecule has 2 aliphatic heterocycles. The first-order chi connectivity index (χ1) is 14.3. The van der Waals surface area contributed by atoms with Crippen LogP contribution >= 0.6 is 0 Å². The molecule has 7 nitrogen and oxygen atoms in total. The minimum absolute atomic E-state index is 0.0484. The lowest BCUT2D eigenvalue weighted by atomic mass is 9.89. The van der Waals surface area contributed by atoms with Crippen molar-refractivity contribution in [2.75, 3.05) is 6.61 Å². The molecule has 7 heteroatoms. The molecule has 1 saturated heterocycles. The van der Waals surface area contributed by atoms with Crippen molar-refractivity contribution in [2.45, 2.75) is 63.3 Å². The van der Waals surface area contributed by atoms with E-state index in [1.54, 1.807) is 12.1 Å². The van der Waals surface area contributed by atoms with E-state index in [9.17, 15) is 25.5 Å². The Morgan fingerprint density at radius 1 is 1.00 bits per heavy atom. The first-order valence-corrected chi connectivity index (χ1v) is 10.2. The molecule has 2 aromatic rings. The SMILES string of the molecule is Cc1ccc2c(c1C)OC(Cc1ccc(O)c(C3OC(CO)[C@@H](O)C(O)[C@H]3O)c1)C2. The number of aliphatic hydroxyl groups is 4. The van der Waals surface area contributed by atoms with Crippen LogP contribution in [0, 0.1) is 13.8 Å². The van der Waals surface area contributed by atoms with E-state index in [1.165, 1.54) is 17.2 Å². The van der Waals surface area contributed by atoms with Crippen LogP contribution in [0.25, 0.3) is 0 Å². The molecular formula is C23H28O7. The molecule has 0 aliphatic carbocycles. The van der Waals surface area contributed by atoms with Crippen molar-refractivity contribution in [1.29, 1.82) is 0 Å². The molecule has 2 aliphatic rings. The number of fused-ring (bicyclic) bond motifs is 1. The molecule has 4 rings (SSSR count). The molecule has 2 aromatic carbocycles. The minimum atomic E-state index is -1.50. The number of phenols is 1. The highest BCUT2D eigenvalue weighted by molar-refractivity contribution is 5.48. The Kier molecular flexibility index (Phi) is 5.74. The first-order valence-electron chi connectivity index (χ1n) is 10.2. The summed E-state index contributed by atoms with van der Waals surface area (Å²) in [6, 6.07) is 9.20. The molecule has 0 bridgehead atoms. The van der Waals surface area contributed by atoms with Crippen LogP contribution in [0.2, 0.25) is 0 Å². The van der Waals surface area contributed by atoms with Crippen molar-refractivity contribution in [2.24, 2.45) is 0 Å². The van der Waals surface area contributed by atoms with E-state index >= 15 is 0 Å². The fourth-order valence-electron chi connectivity index (χ4n) is 4.32. The predicted octanol–water partition coefficient (Wildman–Crippen LogP) is 1.07. The van der Waals surface area contributed by atoms with Crippen LogP contribution in [0.5, 0.6) is 11.5 Å². The second-order valence-corrected chi connectivity index (χ2v) is 8.29. The molecule has 162 valence electrons. The number of aryl methyl sites for hydroxylation is 1. The standard InChI is InChI=1S/C23H28O7/c1-11-3-5-14-9-15(29-22(14)12(11)2)7-13-4-6-17(25)16(8-13)23-21(28)20(27)19(26)18(10-24)30-23/h3-6,8,15,18-21,23-28H,7,9-10H2,1-2H3/t15?,18?,19-,20?,21-,23?/m1/s1. The van der Waals surface area contributed by atoms with Crippen LogP contribution in [0.15, 0.2) is 30.3 Å². The van der Waals surface area contributed by atoms with Gasteiger partial charge < -0.3 is 35.0 Å². The lowest BCUT2D eigenvalue weighted by Crippen LogP contribution is -2.55. The summed E-state index contributed by atoms with van der Waals surface area (Å²) in [6.45, 7) is 3.59. The molecule has 4 unspecified atom stereocenters. The summed E-state index contributed by atoms with van der Waals surface area (Å²) in [5.41, 5.74) is 4.68. The zero-order chi connectivity index (χ0) is 21.6. The Balaban J connectivity index is 1.55. The van der Waals surface area contributed by atoms with Gasteiger partial charge in [0.2, 0.25) is 0 Å². The summed E-state index contributed by atoms with van der Waals surface area (Å²) in [5.74, 6) is 0.845. The largest absolute Gasteiger partial charge is 0.508 e. The summed E-state index contributed by atoms with van der Waals surface area (Å²) in [5, 5.41) is 50.2. The zero-order valence-electron chi connectivity index (χ0n) is 17.0. The van der Waals surface area contributed by atoms with E-state index < -0.39 is 37.1 Å². The summed E-state index contributed by atoms with van der Waals surface area (Å²) in [4.78, 5) is 0. The van der Waals surface area contributed by atoms with E-state index in [2.05, 4.69) is 19.1 Å². The van der Waals surface area contributed by atoms with E-state index in [0.717, 1.165) is 23.3 Å². The van der Waals surface area contributed by atoms with Gasteiger partial charge in [-0.25, -0.2) is 0 Å². The van der Waals surface area contributed by atoms with Gasteiger partial charge in [0.25, 0.3) is 0 Å². The maximum absolute atomic E-state index is 10.4. The number of rotatable bonds is 4. The Labute approximate surface area is 175 Å². The number of ether oxygens (including phenoxy) is 2. The zero-order valence-corrected chi connectivity index (χ0v) is 17.0. The Hall–Kier alpha value is -2.16. The van der Waals surface area contributed by atoms with Crippen molar-refractivity contribution >= 4 is 0 Å². The summed E-state index contributed by atoms with van der Waals surface area (Å²) in [7, 11) is 0. The first kappa shape index (κ1) is 21.1. The second kappa shape index (κ2) is 8.17. The topological polar surface area (TPSA) is 120 Å². The quantitative estimate of drug-likeness (QED) is 0.506. The van der Waals surface area contributed by atoms with Crippen LogP contribution in [0.1, 0.15) is 33.9 Å². The van der Waals surface area contributed by atoms with E-state index in [4.69, 9.17) is 9.47 Å². The van der Waals surface area contributed by atoms with E-state index in [0.29, 0.717) is 12.0 Å². The normalized spacial score (nSPS) is 30.7. The summed E-state index contributed by atoms with van der Waals surface area (Å²) < 4.78 is 11.8. The van der Waals surface area contributed by atoms with Gasteiger partial charge >= 0.3 is 0 Å². The highest BCUT2D eigenvalue weighted by atomic mass is 16.5. The lowest BCUT2D eigenvalue weighted by Gasteiger charge is -2.40. The van der Waals surface area contributed by atoms with Crippen molar-refractivity contribution in [1.82, 2.24) is 0 Å². The van der Waals surface area contributed by atoms with Crippen molar-refractivity contribution in [3.8, 4) is 11.5 Å². The number of hydrogen-bond acceptors (Lipinski definition) is 7. The number of hydrogen-bond donors (Lipinski definition) is 5. The van der Waals surface area contributed by atoms with Gasteiger partial charge in [0.05, 0.1) is 6.61 Å². The maximum atomic E-state index is 10.4. The summed E-state index contributed by atoms with van der Waals surface area (Å²) >= 11 is 0. The molecular weight excluding hydrogens is 388 g/mol. The van der Waals surface area contributed by atoms with Crippen LogP contribution in [0.3, 0.4) is 0 Å². The molecule has 30 heavy (non-hydrogen) atoms. The fourth-order valence-corrected chi connectivity index (χ4v) is 4.32. The third-order valence-electron chi connectivity index (χ3n) is 6.24. The second-order valence-electron chi connectivity index (χ2n) is 8.29. The van der Waals surface area contributed by atoms with Crippen molar-refractivity contribution in [3.05, 3.63) is 58.1 Å². The van der Waals surface area contributed by atoms with Gasteiger partial charge in [0.1, 0.15) is 48.1 Å². The van der Waals surface area contributed by atoms with Gasteiger partial charge in [-0.1, -0.05) is 18.2 Å². The fraction of sp³-hybridized carbons (Fsp3) is 0.478. The van der Waals surface area contributed by atoms with Gasteiger partial charge in [-0.2, -0.15) is 0 Å². The van der Waals surface area contributed by atoms with E-state index in [-0.39, 0.29) is 11.9 Å². The van der Waals surface area contributed by atoms with Crippen LogP contribution < -0.4 is 4.74 Å². The molecule has 1 fully saturated rings. The summed E-state index contributed by atoms with van der Waals surface area (Å²) in [6.07, 6.45) is -5.16. The minimum Gasteiger partial charge on any atom is -0.508 e. The number of benzene rings is 2. The Bertz CT molecular complexity index is 926. The highest BCUT2D eigenvalue weighted by Gasteiger charge is 2.44. The average molecular weight is 416 g/mol. The number of aromatic hydroxyl groups is 1. The van der Waals surface area contributed by atoms with Gasteiger partial charge in [-0.3, -0.25) is 0 Å². The molecule has 2 heterocycles. The maximum Gasteiger partial charge on any atom is 0.126 e. The van der Waals surface area contributed by atoms with E-state index in [1.807, 2.05) is 6.92 Å². The molecule has 5 N–H and O–H groups in total. The van der Waals surface area contributed by atoms with Crippen LogP contribution in [-0.2, 0) is 17.6 Å². The van der Waals surface area contributed by atoms with Crippen molar-refractivity contribution in [3.63, 3.8) is 0 Å². The van der Waals surface area contributed by atoms with Gasteiger partial charge in [-0.05, 0) is 48.2 Å².